The molecule has 90 valence electrons. The van der Waals surface area contributed by atoms with Crippen molar-refractivity contribution in [2.24, 2.45) is 0 Å². The Labute approximate surface area is 101 Å². The molecule has 1 saturated heterocycles. The largest absolute Gasteiger partial charge is 0.353 e. The molecule has 0 radical (unpaired) electrons. The van der Waals surface area contributed by atoms with Gasteiger partial charge in [0.1, 0.15) is 5.82 Å². The topological polar surface area (TPSA) is 58.6 Å². The lowest BCUT2D eigenvalue weighted by Gasteiger charge is -2.12. The van der Waals surface area contributed by atoms with Crippen molar-refractivity contribution in [3.8, 4) is 0 Å². The van der Waals surface area contributed by atoms with Crippen LogP contribution in [0.3, 0.4) is 0 Å². The molecule has 1 aliphatic rings. The van der Waals surface area contributed by atoms with E-state index in [-0.39, 0.29) is 10.7 Å². The predicted molar refractivity (Wildman–Crippen MR) is 58.2 cm³/mol. The van der Waals surface area contributed by atoms with Gasteiger partial charge in [0.15, 0.2) is 0 Å². The number of anilines is 1. The van der Waals surface area contributed by atoms with Crippen LogP contribution in [0.1, 0.15) is 0 Å². The number of nitrogens with one attached hydrogen (secondary N) is 1. The van der Waals surface area contributed by atoms with E-state index in [1.54, 1.807) is 0 Å². The second-order valence-corrected chi connectivity index (χ2v) is 3.80. The van der Waals surface area contributed by atoms with Crippen LogP contribution in [0.5, 0.6) is 0 Å². The number of nitrogens with zero attached hydrogens (tertiary/aromatic N) is 1. The Kier molecular flexibility index (Phi) is 2.99. The maximum absolute atomic E-state index is 13.1. The van der Waals surface area contributed by atoms with Crippen LogP contribution < -0.4 is 10.2 Å². The van der Waals surface area contributed by atoms with E-state index in [0.29, 0.717) is 0 Å². The SMILES string of the molecule is COC1NC(=O)N(c2cc(F)cc(Cl)c2)C1=O. The fourth-order valence-electron chi connectivity index (χ4n) is 1.53. The molecule has 1 heterocycles. The van der Waals surface area contributed by atoms with Gasteiger partial charge in [0.05, 0.1) is 5.69 Å². The van der Waals surface area contributed by atoms with E-state index in [1.807, 2.05) is 0 Å². The third-order valence-corrected chi connectivity index (χ3v) is 2.46. The van der Waals surface area contributed by atoms with E-state index >= 15 is 0 Å². The number of methoxy groups -OCH3 is 1. The first kappa shape index (κ1) is 11.8. The van der Waals surface area contributed by atoms with Crippen LogP contribution in [0.2, 0.25) is 5.02 Å². The van der Waals surface area contributed by atoms with Crippen molar-refractivity contribution in [3.05, 3.63) is 29.0 Å². The molecule has 1 fully saturated rings. The second-order valence-electron chi connectivity index (χ2n) is 3.37. The highest BCUT2D eigenvalue weighted by Crippen LogP contribution is 2.24. The molecule has 3 amide bonds. The van der Waals surface area contributed by atoms with Crippen LogP contribution >= 0.6 is 11.6 Å². The van der Waals surface area contributed by atoms with Crippen LogP contribution in [0.4, 0.5) is 14.9 Å². The van der Waals surface area contributed by atoms with Crippen molar-refractivity contribution in [2.75, 3.05) is 12.0 Å². The third-order valence-electron chi connectivity index (χ3n) is 2.24. The molecule has 7 heteroatoms. The number of urea groups is 1. The van der Waals surface area contributed by atoms with Gasteiger partial charge in [-0.1, -0.05) is 11.6 Å². The Morgan fingerprint density at radius 2 is 2.12 bits per heavy atom. The highest BCUT2D eigenvalue weighted by Gasteiger charge is 2.39. The van der Waals surface area contributed by atoms with Crippen LogP contribution in [-0.2, 0) is 9.53 Å². The normalized spacial score (nSPS) is 19.7. The summed E-state index contributed by atoms with van der Waals surface area (Å²) in [5.41, 5.74) is 0.0667. The van der Waals surface area contributed by atoms with Gasteiger partial charge in [0.2, 0.25) is 6.23 Å². The number of rotatable bonds is 2. The van der Waals surface area contributed by atoms with Gasteiger partial charge < -0.3 is 10.1 Å². The van der Waals surface area contributed by atoms with Crippen molar-refractivity contribution >= 4 is 29.2 Å². The monoisotopic (exact) mass is 258 g/mol. The molecule has 1 unspecified atom stereocenters. The second kappa shape index (κ2) is 4.31. The molecule has 1 aromatic rings. The average Bonchev–Trinajstić information content (AvgIpc) is 2.52. The summed E-state index contributed by atoms with van der Waals surface area (Å²) >= 11 is 5.65. The Bertz CT molecular complexity index is 474. The lowest BCUT2D eigenvalue weighted by molar-refractivity contribution is -0.126. The minimum atomic E-state index is -1.05. The number of halogens is 2. The van der Waals surface area contributed by atoms with Gasteiger partial charge in [-0.25, -0.2) is 14.1 Å². The Balaban J connectivity index is 2.39. The minimum absolute atomic E-state index is 0.0667. The molecular formula is C10H8ClFN2O3. The lowest BCUT2D eigenvalue weighted by Crippen LogP contribution is -2.32. The third kappa shape index (κ3) is 2.09. The molecule has 0 saturated carbocycles. The van der Waals surface area contributed by atoms with Gasteiger partial charge in [-0.15, -0.1) is 0 Å². The van der Waals surface area contributed by atoms with Crippen LogP contribution in [0.25, 0.3) is 0 Å². The first-order chi connectivity index (χ1) is 8.02. The first-order valence-electron chi connectivity index (χ1n) is 4.66. The maximum Gasteiger partial charge on any atom is 0.331 e. The number of imide groups is 1. The molecule has 1 aromatic carbocycles. The van der Waals surface area contributed by atoms with Gasteiger partial charge in [-0.3, -0.25) is 4.79 Å². The average molecular weight is 259 g/mol. The summed E-state index contributed by atoms with van der Waals surface area (Å²) in [5.74, 6) is -1.24. The van der Waals surface area contributed by atoms with E-state index in [4.69, 9.17) is 16.3 Å². The molecule has 5 nitrogen and oxygen atoms in total. The predicted octanol–water partition coefficient (Wildman–Crippen LogP) is 1.51. The molecule has 0 bridgehead atoms. The van der Waals surface area contributed by atoms with E-state index in [2.05, 4.69) is 5.32 Å². The Morgan fingerprint density at radius 3 is 2.65 bits per heavy atom. The van der Waals surface area contributed by atoms with E-state index in [9.17, 15) is 14.0 Å². The Hall–Kier alpha value is -1.66. The number of amides is 3. The summed E-state index contributed by atoms with van der Waals surface area (Å²) in [5, 5.41) is 2.39. The summed E-state index contributed by atoms with van der Waals surface area (Å²) in [6, 6.07) is 2.77. The van der Waals surface area contributed by atoms with Crippen LogP contribution in [0.15, 0.2) is 18.2 Å². The number of carbonyl (C=O) groups is 2. The molecule has 17 heavy (non-hydrogen) atoms. The fraction of sp³-hybridized carbons (Fsp3) is 0.200. The number of ether oxygens (including phenoxy) is 1. The summed E-state index contributed by atoms with van der Waals surface area (Å²) in [6.45, 7) is 0. The van der Waals surface area contributed by atoms with Crippen molar-refractivity contribution in [3.63, 3.8) is 0 Å². The summed E-state index contributed by atoms with van der Waals surface area (Å²) in [6.07, 6.45) is -1.05. The van der Waals surface area contributed by atoms with Gasteiger partial charge in [-0.2, -0.15) is 0 Å². The number of hydrogen-bond donors (Lipinski definition) is 1. The molecule has 1 aliphatic heterocycles. The summed E-state index contributed by atoms with van der Waals surface area (Å²) in [7, 11) is 1.28. The molecule has 0 spiro atoms. The highest BCUT2D eigenvalue weighted by atomic mass is 35.5. The minimum Gasteiger partial charge on any atom is -0.353 e. The van der Waals surface area contributed by atoms with Crippen molar-refractivity contribution in [1.29, 1.82) is 0 Å². The van der Waals surface area contributed by atoms with Crippen molar-refractivity contribution < 1.29 is 18.7 Å². The maximum atomic E-state index is 13.1. The number of benzene rings is 1. The molecule has 0 aliphatic carbocycles. The van der Waals surface area contributed by atoms with Crippen LogP contribution in [0, 0.1) is 5.82 Å². The first-order valence-corrected chi connectivity index (χ1v) is 5.04. The molecular weight excluding hydrogens is 251 g/mol. The molecule has 1 N–H and O–H groups in total. The van der Waals surface area contributed by atoms with Gasteiger partial charge in [0.25, 0.3) is 5.91 Å². The van der Waals surface area contributed by atoms with E-state index in [1.165, 1.54) is 13.2 Å². The molecule has 2 rings (SSSR count). The fourth-order valence-corrected chi connectivity index (χ4v) is 1.74. The highest BCUT2D eigenvalue weighted by molar-refractivity contribution is 6.31. The van der Waals surface area contributed by atoms with Crippen LogP contribution in [-0.4, -0.2) is 25.3 Å². The van der Waals surface area contributed by atoms with Gasteiger partial charge in [0, 0.05) is 12.1 Å². The summed E-state index contributed by atoms with van der Waals surface area (Å²) < 4.78 is 17.9. The zero-order chi connectivity index (χ0) is 12.6. The quantitative estimate of drug-likeness (QED) is 0.818. The molecule has 0 aromatic heterocycles. The Morgan fingerprint density at radius 1 is 1.41 bits per heavy atom. The van der Waals surface area contributed by atoms with Gasteiger partial charge in [-0.05, 0) is 18.2 Å². The summed E-state index contributed by atoms with van der Waals surface area (Å²) in [4.78, 5) is 24.0. The van der Waals surface area contributed by atoms with E-state index in [0.717, 1.165) is 17.0 Å². The standard InChI is InChI=1S/C10H8ClFN2O3/c1-17-8-9(15)14(10(16)13-8)7-3-5(11)2-6(12)4-7/h2-4,8H,1H3,(H,13,16). The zero-order valence-electron chi connectivity index (χ0n) is 8.74. The smallest absolute Gasteiger partial charge is 0.331 e. The number of carbonyl (C=O) groups excluding carboxylic acids is 2. The zero-order valence-corrected chi connectivity index (χ0v) is 9.49. The lowest BCUT2D eigenvalue weighted by atomic mass is 10.3. The van der Waals surface area contributed by atoms with Gasteiger partial charge >= 0.3 is 6.03 Å². The molecule has 1 atom stereocenters. The number of hydrogen-bond acceptors (Lipinski definition) is 3. The van der Waals surface area contributed by atoms with E-state index < -0.39 is 24.0 Å². The van der Waals surface area contributed by atoms with Crippen molar-refractivity contribution in [1.82, 2.24) is 5.32 Å². The van der Waals surface area contributed by atoms with Crippen molar-refractivity contribution in [2.45, 2.75) is 6.23 Å².